The lowest BCUT2D eigenvalue weighted by molar-refractivity contribution is -0.114. The van der Waals surface area contributed by atoms with E-state index in [0.29, 0.717) is 11.3 Å². The number of phenolic OH excluding ortho intramolecular Hbond substituents is 1. The maximum absolute atomic E-state index is 13.8. The van der Waals surface area contributed by atoms with Crippen molar-refractivity contribution in [1.29, 1.82) is 0 Å². The second-order valence-electron chi connectivity index (χ2n) is 4.86. The SMILES string of the molecule is CC(=O)Nc1ccc(F)c(NCc2cc(C)ccc2O)c1. The maximum Gasteiger partial charge on any atom is 0.221 e. The molecule has 0 aliphatic rings. The third kappa shape index (κ3) is 3.95. The largest absolute Gasteiger partial charge is 0.508 e. The average Bonchev–Trinajstić information content (AvgIpc) is 2.42. The zero-order valence-corrected chi connectivity index (χ0v) is 11.9. The number of rotatable bonds is 4. The van der Waals surface area contributed by atoms with Gasteiger partial charge in [0.25, 0.3) is 0 Å². The van der Waals surface area contributed by atoms with Crippen molar-refractivity contribution in [1.82, 2.24) is 0 Å². The Bertz CT molecular complexity index is 671. The Balaban J connectivity index is 2.15. The van der Waals surface area contributed by atoms with E-state index in [1.807, 2.05) is 13.0 Å². The van der Waals surface area contributed by atoms with Crippen LogP contribution >= 0.6 is 0 Å². The molecule has 5 heteroatoms. The Kier molecular flexibility index (Phi) is 4.42. The van der Waals surface area contributed by atoms with E-state index in [2.05, 4.69) is 10.6 Å². The fourth-order valence-electron chi connectivity index (χ4n) is 1.99. The van der Waals surface area contributed by atoms with Crippen LogP contribution in [0.4, 0.5) is 15.8 Å². The number of benzene rings is 2. The zero-order chi connectivity index (χ0) is 15.4. The molecule has 1 amide bonds. The van der Waals surface area contributed by atoms with Gasteiger partial charge in [-0.3, -0.25) is 4.79 Å². The first-order valence-electron chi connectivity index (χ1n) is 6.55. The first-order chi connectivity index (χ1) is 9.95. The Morgan fingerprint density at radius 2 is 2.00 bits per heavy atom. The number of carbonyl (C=O) groups excluding carboxylic acids is 1. The topological polar surface area (TPSA) is 61.4 Å². The van der Waals surface area contributed by atoms with Crippen molar-refractivity contribution >= 4 is 17.3 Å². The lowest BCUT2D eigenvalue weighted by Gasteiger charge is -2.11. The number of amides is 1. The van der Waals surface area contributed by atoms with Crippen LogP contribution in [0.2, 0.25) is 0 Å². The van der Waals surface area contributed by atoms with Crippen LogP contribution in [0, 0.1) is 12.7 Å². The molecule has 0 bridgehead atoms. The molecule has 2 aromatic rings. The molecule has 0 unspecified atom stereocenters. The van der Waals surface area contributed by atoms with Crippen molar-refractivity contribution in [3.8, 4) is 5.75 Å². The third-order valence-electron chi connectivity index (χ3n) is 2.99. The summed E-state index contributed by atoms with van der Waals surface area (Å²) in [6.07, 6.45) is 0. The van der Waals surface area contributed by atoms with Crippen LogP contribution in [0.3, 0.4) is 0 Å². The molecule has 0 saturated heterocycles. The summed E-state index contributed by atoms with van der Waals surface area (Å²) in [5.74, 6) is -0.480. The summed E-state index contributed by atoms with van der Waals surface area (Å²) >= 11 is 0. The third-order valence-corrected chi connectivity index (χ3v) is 2.99. The number of phenols is 1. The summed E-state index contributed by atoms with van der Waals surface area (Å²) in [7, 11) is 0. The molecular weight excluding hydrogens is 271 g/mol. The Morgan fingerprint density at radius 3 is 2.71 bits per heavy atom. The number of nitrogens with one attached hydrogen (secondary N) is 2. The van der Waals surface area contributed by atoms with Crippen LogP contribution in [0.15, 0.2) is 36.4 Å². The van der Waals surface area contributed by atoms with E-state index in [0.717, 1.165) is 5.56 Å². The van der Waals surface area contributed by atoms with Crippen LogP contribution in [-0.4, -0.2) is 11.0 Å². The van der Waals surface area contributed by atoms with Crippen molar-refractivity contribution in [3.05, 3.63) is 53.3 Å². The van der Waals surface area contributed by atoms with E-state index in [1.54, 1.807) is 12.1 Å². The first kappa shape index (κ1) is 14.8. The van der Waals surface area contributed by atoms with Crippen molar-refractivity contribution < 1.29 is 14.3 Å². The molecular formula is C16H17FN2O2. The van der Waals surface area contributed by atoms with Gasteiger partial charge in [-0.25, -0.2) is 4.39 Å². The molecule has 0 fully saturated rings. The van der Waals surface area contributed by atoms with Crippen LogP contribution in [0.1, 0.15) is 18.1 Å². The van der Waals surface area contributed by atoms with Crippen molar-refractivity contribution in [2.24, 2.45) is 0 Å². The predicted molar refractivity (Wildman–Crippen MR) is 80.9 cm³/mol. The van der Waals surface area contributed by atoms with Gasteiger partial charge in [-0.15, -0.1) is 0 Å². The van der Waals surface area contributed by atoms with E-state index in [1.165, 1.54) is 25.1 Å². The predicted octanol–water partition coefficient (Wildman–Crippen LogP) is 3.41. The van der Waals surface area contributed by atoms with Crippen molar-refractivity contribution in [3.63, 3.8) is 0 Å². The van der Waals surface area contributed by atoms with E-state index < -0.39 is 5.82 Å². The van der Waals surface area contributed by atoms with Gasteiger partial charge >= 0.3 is 0 Å². The standard InChI is InChI=1S/C16H17FN2O2/c1-10-3-6-16(21)12(7-10)9-18-15-8-13(19-11(2)20)4-5-14(15)17/h3-8,18,21H,9H2,1-2H3,(H,19,20). The highest BCUT2D eigenvalue weighted by atomic mass is 19.1. The molecule has 2 rings (SSSR count). The molecule has 0 spiro atoms. The minimum absolute atomic E-state index is 0.159. The highest BCUT2D eigenvalue weighted by molar-refractivity contribution is 5.89. The molecule has 2 aromatic carbocycles. The summed E-state index contributed by atoms with van der Waals surface area (Å²) in [6.45, 7) is 3.59. The highest BCUT2D eigenvalue weighted by Gasteiger charge is 2.06. The summed E-state index contributed by atoms with van der Waals surface area (Å²) in [5, 5.41) is 15.3. The van der Waals surface area contributed by atoms with Gasteiger partial charge in [0.15, 0.2) is 0 Å². The lowest BCUT2D eigenvalue weighted by Crippen LogP contribution is -2.07. The van der Waals surface area contributed by atoms with Crippen LogP contribution < -0.4 is 10.6 Å². The monoisotopic (exact) mass is 288 g/mol. The Labute approximate surface area is 122 Å². The Hall–Kier alpha value is -2.56. The quantitative estimate of drug-likeness (QED) is 0.808. The Morgan fingerprint density at radius 1 is 1.24 bits per heavy atom. The molecule has 0 atom stereocenters. The number of hydrogen-bond acceptors (Lipinski definition) is 3. The molecule has 110 valence electrons. The smallest absolute Gasteiger partial charge is 0.221 e. The van der Waals surface area contributed by atoms with Crippen LogP contribution in [0.5, 0.6) is 5.75 Å². The van der Waals surface area contributed by atoms with Gasteiger partial charge in [-0.05, 0) is 31.2 Å². The summed E-state index contributed by atoms with van der Waals surface area (Å²) in [5.41, 5.74) is 2.47. The number of aromatic hydroxyl groups is 1. The van der Waals surface area contributed by atoms with Crippen LogP contribution in [0.25, 0.3) is 0 Å². The number of halogens is 1. The number of aryl methyl sites for hydroxylation is 1. The first-order valence-corrected chi connectivity index (χ1v) is 6.55. The van der Waals surface area contributed by atoms with Gasteiger partial charge < -0.3 is 15.7 Å². The fourth-order valence-corrected chi connectivity index (χ4v) is 1.99. The van der Waals surface area contributed by atoms with Gasteiger partial charge in [-0.1, -0.05) is 17.7 Å². The number of hydrogen-bond donors (Lipinski definition) is 3. The summed E-state index contributed by atoms with van der Waals surface area (Å²) in [6, 6.07) is 9.53. The highest BCUT2D eigenvalue weighted by Crippen LogP contribution is 2.23. The number of carbonyl (C=O) groups is 1. The second-order valence-corrected chi connectivity index (χ2v) is 4.86. The van der Waals surface area contributed by atoms with Gasteiger partial charge in [0, 0.05) is 24.7 Å². The molecule has 4 nitrogen and oxygen atoms in total. The van der Waals surface area contributed by atoms with Gasteiger partial charge in [0.1, 0.15) is 11.6 Å². The minimum atomic E-state index is -0.420. The number of anilines is 2. The van der Waals surface area contributed by atoms with E-state index in [4.69, 9.17) is 0 Å². The summed E-state index contributed by atoms with van der Waals surface area (Å²) in [4.78, 5) is 11.0. The molecule has 0 aliphatic heterocycles. The van der Waals surface area contributed by atoms with E-state index in [9.17, 15) is 14.3 Å². The molecule has 0 aliphatic carbocycles. The fraction of sp³-hybridized carbons (Fsp3) is 0.188. The minimum Gasteiger partial charge on any atom is -0.508 e. The molecule has 0 radical (unpaired) electrons. The summed E-state index contributed by atoms with van der Waals surface area (Å²) < 4.78 is 13.8. The zero-order valence-electron chi connectivity index (χ0n) is 11.9. The molecule has 3 N–H and O–H groups in total. The lowest BCUT2D eigenvalue weighted by atomic mass is 10.1. The molecule has 0 saturated carbocycles. The van der Waals surface area contributed by atoms with Crippen LogP contribution in [-0.2, 0) is 11.3 Å². The van der Waals surface area contributed by atoms with Crippen molar-refractivity contribution in [2.75, 3.05) is 10.6 Å². The second kappa shape index (κ2) is 6.26. The average molecular weight is 288 g/mol. The normalized spacial score (nSPS) is 10.2. The molecule has 0 heterocycles. The maximum atomic E-state index is 13.8. The van der Waals surface area contributed by atoms with Gasteiger partial charge in [0.05, 0.1) is 5.69 Å². The van der Waals surface area contributed by atoms with Gasteiger partial charge in [-0.2, -0.15) is 0 Å². The molecule has 0 aromatic heterocycles. The van der Waals surface area contributed by atoms with Gasteiger partial charge in [0.2, 0.25) is 5.91 Å². The van der Waals surface area contributed by atoms with Crippen molar-refractivity contribution in [2.45, 2.75) is 20.4 Å². The van der Waals surface area contributed by atoms with E-state index >= 15 is 0 Å². The van der Waals surface area contributed by atoms with E-state index in [-0.39, 0.29) is 23.9 Å². The molecule has 21 heavy (non-hydrogen) atoms.